The Hall–Kier alpha value is -0.870. The molecule has 0 aromatic carbocycles. The number of aliphatic hydroxyl groups excluding tert-OH is 1. The first-order chi connectivity index (χ1) is 18.2. The summed E-state index contributed by atoms with van der Waals surface area (Å²) in [5, 5.41) is 9.50. The number of allylic oxidation sites excluding steroid dienone is 2. The third-order valence-corrected chi connectivity index (χ3v) is 7.07. The SMILES string of the molecule is CCC/C=C\CCCCCCCCOCC(CO)OC(=O)CCCCCCCCCCCCCCCC. The second kappa shape index (κ2) is 31.3. The maximum Gasteiger partial charge on any atom is 0.306 e. The molecule has 4 heteroatoms. The number of carbonyl (C=O) groups excluding carboxylic acids is 1. The monoisotopic (exact) mass is 524 g/mol. The van der Waals surface area contributed by atoms with Crippen molar-refractivity contribution < 1.29 is 19.4 Å². The zero-order valence-corrected chi connectivity index (χ0v) is 25.0. The van der Waals surface area contributed by atoms with Crippen LogP contribution in [-0.2, 0) is 14.3 Å². The molecule has 0 amide bonds. The Morgan fingerprint density at radius 1 is 0.622 bits per heavy atom. The molecule has 0 aliphatic rings. The fourth-order valence-corrected chi connectivity index (χ4v) is 4.62. The first-order valence-corrected chi connectivity index (χ1v) is 16.3. The lowest BCUT2D eigenvalue weighted by Crippen LogP contribution is -2.27. The molecule has 220 valence electrons. The molecule has 0 aromatic rings. The third-order valence-electron chi connectivity index (χ3n) is 7.07. The van der Waals surface area contributed by atoms with E-state index in [9.17, 15) is 9.90 Å². The Kier molecular flexibility index (Phi) is 30.6. The molecule has 0 aliphatic heterocycles. The van der Waals surface area contributed by atoms with Gasteiger partial charge in [-0.1, -0.05) is 142 Å². The molecule has 1 unspecified atom stereocenters. The number of hydrogen-bond acceptors (Lipinski definition) is 4. The summed E-state index contributed by atoms with van der Waals surface area (Å²) in [6, 6.07) is 0. The number of hydrogen-bond donors (Lipinski definition) is 1. The minimum atomic E-state index is -0.528. The highest BCUT2D eigenvalue weighted by Gasteiger charge is 2.13. The van der Waals surface area contributed by atoms with Crippen LogP contribution in [-0.4, -0.2) is 37.0 Å². The van der Waals surface area contributed by atoms with Gasteiger partial charge in [-0.15, -0.1) is 0 Å². The highest BCUT2D eigenvalue weighted by molar-refractivity contribution is 5.69. The van der Waals surface area contributed by atoms with Gasteiger partial charge in [0.2, 0.25) is 0 Å². The Labute approximate surface area is 231 Å². The van der Waals surface area contributed by atoms with Crippen molar-refractivity contribution >= 4 is 5.97 Å². The number of ether oxygens (including phenoxy) is 2. The smallest absolute Gasteiger partial charge is 0.306 e. The Morgan fingerprint density at radius 2 is 1.11 bits per heavy atom. The van der Waals surface area contributed by atoms with Gasteiger partial charge in [-0.05, 0) is 32.1 Å². The molecule has 0 heterocycles. The summed E-state index contributed by atoms with van der Waals surface area (Å²) in [7, 11) is 0. The van der Waals surface area contributed by atoms with Crippen LogP contribution in [0, 0.1) is 0 Å². The molecule has 0 fully saturated rings. The van der Waals surface area contributed by atoms with Gasteiger partial charge < -0.3 is 14.6 Å². The van der Waals surface area contributed by atoms with E-state index in [1.807, 2.05) is 0 Å². The average molecular weight is 525 g/mol. The molecule has 0 spiro atoms. The topological polar surface area (TPSA) is 55.8 Å². The van der Waals surface area contributed by atoms with Crippen molar-refractivity contribution in [1.82, 2.24) is 0 Å². The molecule has 0 rings (SSSR count). The van der Waals surface area contributed by atoms with Gasteiger partial charge in [0, 0.05) is 13.0 Å². The van der Waals surface area contributed by atoms with Crippen LogP contribution in [0.1, 0.15) is 168 Å². The van der Waals surface area contributed by atoms with Crippen LogP contribution in [0.25, 0.3) is 0 Å². The van der Waals surface area contributed by atoms with Crippen LogP contribution in [0.5, 0.6) is 0 Å². The summed E-state index contributed by atoms with van der Waals surface area (Å²) in [5.41, 5.74) is 0. The second-order valence-electron chi connectivity index (χ2n) is 10.9. The zero-order valence-electron chi connectivity index (χ0n) is 25.0. The Balaban J connectivity index is 3.43. The molecule has 0 bridgehead atoms. The molecule has 0 aromatic heterocycles. The van der Waals surface area contributed by atoms with Crippen LogP contribution in [0.3, 0.4) is 0 Å². The third kappa shape index (κ3) is 29.5. The van der Waals surface area contributed by atoms with Crippen LogP contribution in [0.4, 0.5) is 0 Å². The number of esters is 1. The van der Waals surface area contributed by atoms with Gasteiger partial charge in [-0.25, -0.2) is 0 Å². The van der Waals surface area contributed by atoms with Crippen molar-refractivity contribution in [2.45, 2.75) is 174 Å². The predicted octanol–water partition coefficient (Wildman–Crippen LogP) is 9.87. The minimum absolute atomic E-state index is 0.169. The van der Waals surface area contributed by atoms with E-state index in [4.69, 9.17) is 9.47 Å². The number of unbranched alkanes of at least 4 members (excludes halogenated alkanes) is 20. The van der Waals surface area contributed by atoms with E-state index < -0.39 is 6.10 Å². The minimum Gasteiger partial charge on any atom is -0.457 e. The van der Waals surface area contributed by atoms with E-state index in [0.717, 1.165) is 19.3 Å². The Morgan fingerprint density at radius 3 is 1.65 bits per heavy atom. The quantitative estimate of drug-likeness (QED) is 0.0577. The zero-order chi connectivity index (χ0) is 27.1. The van der Waals surface area contributed by atoms with E-state index in [0.29, 0.717) is 19.6 Å². The largest absolute Gasteiger partial charge is 0.457 e. The van der Waals surface area contributed by atoms with Gasteiger partial charge in [-0.3, -0.25) is 4.79 Å². The summed E-state index contributed by atoms with van der Waals surface area (Å²) in [6.45, 7) is 5.29. The molecule has 0 radical (unpaired) electrons. The van der Waals surface area contributed by atoms with Crippen molar-refractivity contribution in [1.29, 1.82) is 0 Å². The molecule has 37 heavy (non-hydrogen) atoms. The average Bonchev–Trinajstić information content (AvgIpc) is 2.90. The van der Waals surface area contributed by atoms with Crippen molar-refractivity contribution in [2.24, 2.45) is 0 Å². The molecular formula is C33H64O4. The normalized spacial score (nSPS) is 12.4. The molecule has 0 saturated heterocycles. The van der Waals surface area contributed by atoms with Gasteiger partial charge in [0.1, 0.15) is 6.10 Å². The summed E-state index contributed by atoms with van der Waals surface area (Å²) >= 11 is 0. The molecule has 1 atom stereocenters. The predicted molar refractivity (Wildman–Crippen MR) is 159 cm³/mol. The number of rotatable bonds is 30. The molecule has 4 nitrogen and oxygen atoms in total. The lowest BCUT2D eigenvalue weighted by atomic mass is 10.0. The lowest BCUT2D eigenvalue weighted by Gasteiger charge is -2.15. The summed E-state index contributed by atoms with van der Waals surface area (Å²) in [5.74, 6) is -0.203. The van der Waals surface area contributed by atoms with Crippen LogP contribution in [0.15, 0.2) is 12.2 Å². The maximum atomic E-state index is 12.1. The first kappa shape index (κ1) is 36.1. The van der Waals surface area contributed by atoms with Gasteiger partial charge >= 0.3 is 5.97 Å². The number of carbonyl (C=O) groups is 1. The van der Waals surface area contributed by atoms with E-state index in [1.54, 1.807) is 0 Å². The second-order valence-corrected chi connectivity index (χ2v) is 10.9. The summed E-state index contributed by atoms with van der Waals surface area (Å²) in [4.78, 5) is 12.1. The first-order valence-electron chi connectivity index (χ1n) is 16.3. The highest BCUT2D eigenvalue weighted by atomic mass is 16.6. The summed E-state index contributed by atoms with van der Waals surface area (Å²) in [6.07, 6.45) is 33.8. The van der Waals surface area contributed by atoms with E-state index in [-0.39, 0.29) is 12.6 Å². The van der Waals surface area contributed by atoms with Gasteiger partial charge in [0.05, 0.1) is 13.2 Å². The lowest BCUT2D eigenvalue weighted by molar-refractivity contribution is -0.154. The van der Waals surface area contributed by atoms with Crippen molar-refractivity contribution in [2.75, 3.05) is 19.8 Å². The fraction of sp³-hybridized carbons (Fsp3) is 0.909. The molecular weight excluding hydrogens is 460 g/mol. The van der Waals surface area contributed by atoms with Crippen LogP contribution < -0.4 is 0 Å². The number of aliphatic hydroxyl groups is 1. The van der Waals surface area contributed by atoms with E-state index in [2.05, 4.69) is 26.0 Å². The molecule has 0 saturated carbocycles. The Bertz CT molecular complexity index is 477. The maximum absolute atomic E-state index is 12.1. The van der Waals surface area contributed by atoms with Crippen LogP contribution >= 0.6 is 0 Å². The van der Waals surface area contributed by atoms with Crippen molar-refractivity contribution in [3.63, 3.8) is 0 Å². The van der Waals surface area contributed by atoms with Crippen LogP contribution in [0.2, 0.25) is 0 Å². The van der Waals surface area contributed by atoms with Crippen molar-refractivity contribution in [3.8, 4) is 0 Å². The van der Waals surface area contributed by atoms with Gasteiger partial charge in [-0.2, -0.15) is 0 Å². The van der Waals surface area contributed by atoms with E-state index >= 15 is 0 Å². The van der Waals surface area contributed by atoms with Gasteiger partial charge in [0.25, 0.3) is 0 Å². The summed E-state index contributed by atoms with van der Waals surface area (Å²) < 4.78 is 11.1. The molecule has 1 N–H and O–H groups in total. The van der Waals surface area contributed by atoms with Crippen molar-refractivity contribution in [3.05, 3.63) is 12.2 Å². The standard InChI is InChI=1S/C33H64O4/c1-3-5-7-9-11-13-15-16-17-18-20-22-24-26-28-33(35)37-32(30-34)31-36-29-27-25-23-21-19-14-12-10-8-6-4-2/h8,10,32,34H,3-7,9,11-31H2,1-2H3/b10-8-. The van der Waals surface area contributed by atoms with E-state index in [1.165, 1.54) is 128 Å². The fourth-order valence-electron chi connectivity index (χ4n) is 4.62. The molecule has 0 aliphatic carbocycles. The highest BCUT2D eigenvalue weighted by Crippen LogP contribution is 2.14. The van der Waals surface area contributed by atoms with Gasteiger partial charge in [0.15, 0.2) is 0 Å².